The molecule has 30 heavy (non-hydrogen) atoms. The summed E-state index contributed by atoms with van der Waals surface area (Å²) < 4.78 is 0. The van der Waals surface area contributed by atoms with E-state index in [1.165, 1.54) is 0 Å². The van der Waals surface area contributed by atoms with Crippen LogP contribution in [0.3, 0.4) is 0 Å². The number of rotatable bonds is 1. The second-order valence-electron chi connectivity index (χ2n) is 9.24. The lowest BCUT2D eigenvalue weighted by Crippen LogP contribution is -2.52. The average molecular weight is 414 g/mol. The molecular weight excluding hydrogens is 382 g/mol. The van der Waals surface area contributed by atoms with Crippen molar-refractivity contribution < 1.29 is 14.4 Å². The predicted octanol–water partition coefficient (Wildman–Crippen LogP) is 1.68. The van der Waals surface area contributed by atoms with Gasteiger partial charge in [0.15, 0.2) is 0 Å². The first-order valence-corrected chi connectivity index (χ1v) is 10.7. The van der Waals surface area contributed by atoms with Gasteiger partial charge >= 0.3 is 6.03 Å². The summed E-state index contributed by atoms with van der Waals surface area (Å²) in [6.07, 6.45) is 7.14. The van der Waals surface area contributed by atoms with Crippen LogP contribution in [-0.2, 0) is 4.79 Å². The van der Waals surface area contributed by atoms with Crippen LogP contribution in [0.4, 0.5) is 4.79 Å². The minimum Gasteiger partial charge on any atom is -0.339 e. The average Bonchev–Trinajstić information content (AvgIpc) is 2.96. The molecule has 0 aromatic carbocycles. The van der Waals surface area contributed by atoms with Crippen LogP contribution >= 0.6 is 0 Å². The van der Waals surface area contributed by atoms with Crippen LogP contribution in [0.5, 0.6) is 0 Å². The Balaban J connectivity index is 1.42. The maximum Gasteiger partial charge on any atom is 0.319 e. The van der Waals surface area contributed by atoms with E-state index in [2.05, 4.69) is 4.98 Å². The third-order valence-corrected chi connectivity index (χ3v) is 7.42. The van der Waals surface area contributed by atoms with Gasteiger partial charge in [-0.05, 0) is 44.2 Å². The van der Waals surface area contributed by atoms with Gasteiger partial charge in [0, 0.05) is 70.8 Å². The number of hydrogen-bond donors (Lipinski definition) is 0. The number of amides is 4. The molecule has 0 unspecified atom stereocenters. The van der Waals surface area contributed by atoms with Crippen molar-refractivity contribution in [2.24, 2.45) is 5.41 Å². The maximum atomic E-state index is 13.3. The zero-order chi connectivity index (χ0) is 21.5. The smallest absolute Gasteiger partial charge is 0.319 e. The number of pyridine rings is 1. The van der Waals surface area contributed by atoms with Crippen molar-refractivity contribution >= 4 is 17.8 Å². The van der Waals surface area contributed by atoms with Crippen molar-refractivity contribution in [1.82, 2.24) is 24.6 Å². The predicted molar refractivity (Wildman–Crippen MR) is 112 cm³/mol. The van der Waals surface area contributed by atoms with Crippen molar-refractivity contribution in [3.05, 3.63) is 30.1 Å². The number of likely N-dealkylation sites (tertiary alicyclic amines) is 3. The van der Waals surface area contributed by atoms with E-state index < -0.39 is 0 Å². The Morgan fingerprint density at radius 1 is 0.967 bits per heavy atom. The van der Waals surface area contributed by atoms with E-state index in [1.54, 1.807) is 43.5 Å². The quantitative estimate of drug-likeness (QED) is 0.702. The first-order chi connectivity index (χ1) is 14.3. The SMILES string of the molecule is CN(C)C(=O)N1CCC2(CC1)CC1(CCN(C(=O)c3ccncc3)CC1)N(C)C2=O. The van der Waals surface area contributed by atoms with Crippen LogP contribution in [0.2, 0.25) is 0 Å². The first-order valence-electron chi connectivity index (χ1n) is 10.7. The normalized spacial score (nSPS) is 22.6. The number of urea groups is 1. The van der Waals surface area contributed by atoms with E-state index in [1.807, 2.05) is 21.7 Å². The van der Waals surface area contributed by atoms with Crippen LogP contribution in [0.25, 0.3) is 0 Å². The zero-order valence-electron chi connectivity index (χ0n) is 18.1. The van der Waals surface area contributed by atoms with Crippen LogP contribution in [0.1, 0.15) is 42.5 Å². The third-order valence-electron chi connectivity index (χ3n) is 7.42. The van der Waals surface area contributed by atoms with E-state index in [4.69, 9.17) is 0 Å². The van der Waals surface area contributed by atoms with Crippen molar-refractivity contribution in [3.63, 3.8) is 0 Å². The Hall–Kier alpha value is -2.64. The Kier molecular flexibility index (Phi) is 5.20. The van der Waals surface area contributed by atoms with Crippen LogP contribution < -0.4 is 0 Å². The van der Waals surface area contributed by atoms with Gasteiger partial charge in [-0.1, -0.05) is 0 Å². The number of nitrogens with zero attached hydrogens (tertiary/aromatic N) is 5. The third kappa shape index (κ3) is 3.32. The molecule has 3 fully saturated rings. The van der Waals surface area contributed by atoms with Gasteiger partial charge in [-0.25, -0.2) is 4.79 Å². The summed E-state index contributed by atoms with van der Waals surface area (Å²) >= 11 is 0. The summed E-state index contributed by atoms with van der Waals surface area (Å²) in [5.41, 5.74) is 0.112. The van der Waals surface area contributed by atoms with Gasteiger partial charge in [-0.3, -0.25) is 14.6 Å². The van der Waals surface area contributed by atoms with Gasteiger partial charge in [0.05, 0.1) is 5.41 Å². The van der Waals surface area contributed by atoms with E-state index in [-0.39, 0.29) is 28.8 Å². The molecule has 162 valence electrons. The molecular formula is C22H31N5O3. The summed E-state index contributed by atoms with van der Waals surface area (Å²) in [6, 6.07) is 3.51. The molecule has 4 amide bonds. The maximum absolute atomic E-state index is 13.3. The van der Waals surface area contributed by atoms with Crippen LogP contribution in [-0.4, -0.2) is 95.3 Å². The molecule has 0 radical (unpaired) electrons. The highest BCUT2D eigenvalue weighted by Gasteiger charge is 2.59. The molecule has 3 aliphatic heterocycles. The van der Waals surface area contributed by atoms with Gasteiger partial charge in [0.2, 0.25) is 5.91 Å². The summed E-state index contributed by atoms with van der Waals surface area (Å²) in [5.74, 6) is 0.248. The Labute approximate surface area is 177 Å². The molecule has 4 rings (SSSR count). The van der Waals surface area contributed by atoms with Crippen molar-refractivity contribution in [1.29, 1.82) is 0 Å². The van der Waals surface area contributed by atoms with Gasteiger partial charge in [-0.15, -0.1) is 0 Å². The van der Waals surface area contributed by atoms with Gasteiger partial charge in [0.25, 0.3) is 5.91 Å². The van der Waals surface area contributed by atoms with Crippen molar-refractivity contribution in [2.45, 2.75) is 37.6 Å². The van der Waals surface area contributed by atoms with Crippen molar-refractivity contribution in [2.75, 3.05) is 47.3 Å². The highest BCUT2D eigenvalue weighted by atomic mass is 16.2. The summed E-state index contributed by atoms with van der Waals surface area (Å²) in [4.78, 5) is 49.7. The summed E-state index contributed by atoms with van der Waals surface area (Å²) in [7, 11) is 5.45. The molecule has 0 aliphatic carbocycles. The first kappa shape index (κ1) is 20.6. The number of carbonyl (C=O) groups excluding carboxylic acids is 3. The zero-order valence-corrected chi connectivity index (χ0v) is 18.1. The molecule has 1 aromatic rings. The number of aromatic nitrogens is 1. The summed E-state index contributed by atoms with van der Waals surface area (Å²) in [6.45, 7) is 2.55. The summed E-state index contributed by atoms with van der Waals surface area (Å²) in [5, 5.41) is 0. The van der Waals surface area contributed by atoms with Gasteiger partial charge < -0.3 is 19.6 Å². The highest BCUT2D eigenvalue weighted by molar-refractivity contribution is 5.94. The lowest BCUT2D eigenvalue weighted by molar-refractivity contribution is -0.139. The number of hydrogen-bond acceptors (Lipinski definition) is 4. The number of carbonyl (C=O) groups is 3. The van der Waals surface area contributed by atoms with Crippen molar-refractivity contribution in [3.8, 4) is 0 Å². The monoisotopic (exact) mass is 413 g/mol. The molecule has 3 aliphatic rings. The molecule has 4 heterocycles. The molecule has 0 saturated carbocycles. The van der Waals surface area contributed by atoms with E-state index >= 15 is 0 Å². The minimum absolute atomic E-state index is 0.0151. The molecule has 0 bridgehead atoms. The molecule has 3 saturated heterocycles. The second kappa shape index (κ2) is 7.56. The Morgan fingerprint density at radius 2 is 1.53 bits per heavy atom. The molecule has 0 atom stereocenters. The fourth-order valence-corrected chi connectivity index (χ4v) is 5.51. The molecule has 1 aromatic heterocycles. The molecule has 0 N–H and O–H groups in total. The molecule has 8 heteroatoms. The van der Waals surface area contributed by atoms with E-state index in [9.17, 15) is 14.4 Å². The second-order valence-corrected chi connectivity index (χ2v) is 9.24. The molecule has 2 spiro atoms. The van der Waals surface area contributed by atoms with Gasteiger partial charge in [-0.2, -0.15) is 0 Å². The lowest BCUT2D eigenvalue weighted by atomic mass is 9.71. The Bertz CT molecular complexity index is 824. The standard InChI is InChI=1S/C22H31N5O3/c1-24(2)20(30)27-12-6-21(7-13-27)16-22(25(3)19(21)29)8-14-26(15-9-22)18(28)17-4-10-23-11-5-17/h4-5,10-11H,6-9,12-16H2,1-3H3. The lowest BCUT2D eigenvalue weighted by Gasteiger charge is -2.44. The Morgan fingerprint density at radius 3 is 2.10 bits per heavy atom. The topological polar surface area (TPSA) is 77.1 Å². The minimum atomic E-state index is -0.366. The van der Waals surface area contributed by atoms with Gasteiger partial charge in [0.1, 0.15) is 0 Å². The fraction of sp³-hybridized carbons (Fsp3) is 0.636. The highest BCUT2D eigenvalue weighted by Crippen LogP contribution is 2.52. The van der Waals surface area contributed by atoms with E-state index in [0.717, 1.165) is 32.1 Å². The largest absolute Gasteiger partial charge is 0.339 e. The van der Waals surface area contributed by atoms with Crippen LogP contribution in [0, 0.1) is 5.41 Å². The van der Waals surface area contributed by atoms with E-state index in [0.29, 0.717) is 31.7 Å². The fourth-order valence-electron chi connectivity index (χ4n) is 5.51. The number of piperidine rings is 2. The molecule has 8 nitrogen and oxygen atoms in total. The van der Waals surface area contributed by atoms with Crippen LogP contribution in [0.15, 0.2) is 24.5 Å².